The Balaban J connectivity index is 2.17. The van der Waals surface area contributed by atoms with Gasteiger partial charge in [0.15, 0.2) is 11.5 Å². The van der Waals surface area contributed by atoms with Crippen LogP contribution < -0.4 is 26.5 Å². The minimum absolute atomic E-state index is 0.000677. The highest BCUT2D eigenvalue weighted by atomic mass is 35.5. The maximum Gasteiger partial charge on any atom is 0.335 e. The van der Waals surface area contributed by atoms with Crippen LogP contribution in [0.15, 0.2) is 57.0 Å². The lowest BCUT2D eigenvalue weighted by Crippen LogP contribution is -2.51. The number of halogens is 1. The molecule has 0 aliphatic rings. The number of aromatic amines is 1. The van der Waals surface area contributed by atoms with Gasteiger partial charge in [0.1, 0.15) is 0 Å². The Labute approximate surface area is 200 Å². The Hall–Kier alpha value is -3.34. The minimum Gasteiger partial charge on any atom is -0.493 e. The zero-order chi connectivity index (χ0) is 24.8. The molecule has 182 valence electrons. The first-order valence-electron chi connectivity index (χ1n) is 10.6. The van der Waals surface area contributed by atoms with E-state index in [1.807, 2.05) is 13.8 Å². The maximum atomic E-state index is 13.2. The summed E-state index contributed by atoms with van der Waals surface area (Å²) in [5.74, 6) is 0.980. The van der Waals surface area contributed by atoms with Gasteiger partial charge in [0.25, 0.3) is 0 Å². The van der Waals surface area contributed by atoms with E-state index in [0.717, 1.165) is 10.1 Å². The van der Waals surface area contributed by atoms with Gasteiger partial charge in [-0.05, 0) is 43.7 Å². The maximum absolute atomic E-state index is 13.2. The SMILES string of the molecule is COc1cc(/N=c2\[nH]c(=O)n(C[C@H](O)CO)c(=O)n2Cc2ccc(Cl)cc2)ccc1OC(C)C. The topological polar surface area (TPSA) is 131 Å². The Morgan fingerprint density at radius 3 is 2.41 bits per heavy atom. The van der Waals surface area contributed by atoms with Crippen molar-refractivity contribution in [2.75, 3.05) is 13.7 Å². The van der Waals surface area contributed by atoms with Gasteiger partial charge in [0, 0.05) is 11.1 Å². The molecule has 3 N–H and O–H groups in total. The highest BCUT2D eigenvalue weighted by molar-refractivity contribution is 6.30. The van der Waals surface area contributed by atoms with Crippen molar-refractivity contribution in [2.45, 2.75) is 39.1 Å². The lowest BCUT2D eigenvalue weighted by Gasteiger charge is -2.14. The molecule has 34 heavy (non-hydrogen) atoms. The fraction of sp³-hybridized carbons (Fsp3) is 0.348. The van der Waals surface area contributed by atoms with Crippen LogP contribution >= 0.6 is 11.6 Å². The van der Waals surface area contributed by atoms with Gasteiger partial charge in [-0.2, -0.15) is 0 Å². The van der Waals surface area contributed by atoms with Crippen molar-refractivity contribution in [1.29, 1.82) is 0 Å². The van der Waals surface area contributed by atoms with Crippen LogP contribution in [0.25, 0.3) is 0 Å². The quantitative estimate of drug-likeness (QED) is 0.416. The molecule has 2 aromatic carbocycles. The molecule has 3 rings (SSSR count). The molecule has 0 aliphatic heterocycles. The Morgan fingerprint density at radius 2 is 1.79 bits per heavy atom. The van der Waals surface area contributed by atoms with Crippen molar-refractivity contribution < 1.29 is 19.7 Å². The van der Waals surface area contributed by atoms with Gasteiger partial charge in [-0.3, -0.25) is 9.55 Å². The number of aliphatic hydroxyl groups is 2. The highest BCUT2D eigenvalue weighted by Crippen LogP contribution is 2.31. The van der Waals surface area contributed by atoms with Crippen LogP contribution in [0.4, 0.5) is 5.69 Å². The normalized spacial score (nSPS) is 12.7. The lowest BCUT2D eigenvalue weighted by atomic mass is 10.2. The molecule has 0 aliphatic carbocycles. The van der Waals surface area contributed by atoms with E-state index in [9.17, 15) is 14.7 Å². The third kappa shape index (κ3) is 6.16. The van der Waals surface area contributed by atoms with Crippen molar-refractivity contribution in [2.24, 2.45) is 4.99 Å². The molecule has 1 heterocycles. The molecule has 0 bridgehead atoms. The van der Waals surface area contributed by atoms with Crippen molar-refractivity contribution in [3.63, 3.8) is 0 Å². The molecule has 10 nitrogen and oxygen atoms in total. The number of hydrogen-bond donors (Lipinski definition) is 3. The van der Waals surface area contributed by atoms with Crippen molar-refractivity contribution in [3.8, 4) is 11.5 Å². The van der Waals surface area contributed by atoms with Gasteiger partial charge in [-0.1, -0.05) is 23.7 Å². The number of methoxy groups -OCH3 is 1. The smallest absolute Gasteiger partial charge is 0.335 e. The predicted molar refractivity (Wildman–Crippen MR) is 127 cm³/mol. The van der Waals surface area contributed by atoms with E-state index in [0.29, 0.717) is 22.2 Å². The number of aromatic nitrogens is 3. The largest absolute Gasteiger partial charge is 0.493 e. The Bertz CT molecular complexity index is 1310. The van der Waals surface area contributed by atoms with Crippen LogP contribution in [-0.4, -0.2) is 50.3 Å². The fourth-order valence-corrected chi connectivity index (χ4v) is 3.31. The number of hydrogen-bond acceptors (Lipinski definition) is 7. The summed E-state index contributed by atoms with van der Waals surface area (Å²) in [5.41, 5.74) is -0.310. The molecule has 0 fully saturated rings. The highest BCUT2D eigenvalue weighted by Gasteiger charge is 2.14. The van der Waals surface area contributed by atoms with E-state index in [-0.39, 0.29) is 24.8 Å². The fourth-order valence-electron chi connectivity index (χ4n) is 3.19. The molecular formula is C23H27ClN4O6. The van der Waals surface area contributed by atoms with Gasteiger partial charge in [0.2, 0.25) is 5.62 Å². The summed E-state index contributed by atoms with van der Waals surface area (Å²) in [5, 5.41) is 19.5. The molecule has 0 spiro atoms. The molecule has 0 saturated heterocycles. The first-order valence-corrected chi connectivity index (χ1v) is 11.0. The predicted octanol–water partition coefficient (Wildman–Crippen LogP) is 1.42. The number of rotatable bonds is 9. The number of nitrogens with one attached hydrogen (secondary N) is 1. The first kappa shape index (κ1) is 25.3. The second-order valence-corrected chi connectivity index (χ2v) is 8.25. The number of H-pyrrole nitrogens is 1. The molecule has 0 unspecified atom stereocenters. The Kier molecular flexibility index (Phi) is 8.32. The van der Waals surface area contributed by atoms with Crippen LogP contribution in [0.3, 0.4) is 0 Å². The number of aliphatic hydroxyl groups excluding tert-OH is 2. The average molecular weight is 491 g/mol. The summed E-state index contributed by atoms with van der Waals surface area (Å²) in [6.45, 7) is 2.89. The van der Waals surface area contributed by atoms with E-state index in [2.05, 4.69) is 9.98 Å². The van der Waals surface area contributed by atoms with E-state index >= 15 is 0 Å². The van der Waals surface area contributed by atoms with E-state index < -0.39 is 24.1 Å². The van der Waals surface area contributed by atoms with Crippen molar-refractivity contribution in [3.05, 3.63) is 79.6 Å². The van der Waals surface area contributed by atoms with Crippen LogP contribution in [0.5, 0.6) is 11.5 Å². The summed E-state index contributed by atoms with van der Waals surface area (Å²) < 4.78 is 13.2. The van der Waals surface area contributed by atoms with Crippen LogP contribution in [-0.2, 0) is 13.1 Å². The molecule has 0 radical (unpaired) electrons. The molecule has 0 amide bonds. The second-order valence-electron chi connectivity index (χ2n) is 7.81. The standard InChI is InChI=1S/C23H27ClN4O6/c1-14(2)34-19-9-8-17(10-20(19)33-3)25-21-26-22(31)28(12-18(30)13-29)23(32)27(21)11-15-4-6-16(24)7-5-15/h4-10,14,18,29-30H,11-13H2,1-3H3,(H,25,26,31)/t18-/m0/s1. The van der Waals surface area contributed by atoms with E-state index in [1.54, 1.807) is 42.5 Å². The number of ether oxygens (including phenoxy) is 2. The van der Waals surface area contributed by atoms with Crippen molar-refractivity contribution in [1.82, 2.24) is 14.1 Å². The number of benzene rings is 2. The van der Waals surface area contributed by atoms with Crippen LogP contribution in [0.2, 0.25) is 5.02 Å². The lowest BCUT2D eigenvalue weighted by molar-refractivity contribution is 0.0783. The third-order valence-corrected chi connectivity index (χ3v) is 5.04. The summed E-state index contributed by atoms with van der Waals surface area (Å²) in [4.78, 5) is 32.9. The zero-order valence-corrected chi connectivity index (χ0v) is 19.8. The number of nitrogens with zero attached hydrogens (tertiary/aromatic N) is 3. The van der Waals surface area contributed by atoms with Gasteiger partial charge < -0.3 is 19.7 Å². The van der Waals surface area contributed by atoms with Gasteiger partial charge in [-0.25, -0.2) is 19.1 Å². The molecule has 1 atom stereocenters. The summed E-state index contributed by atoms with van der Waals surface area (Å²) >= 11 is 5.96. The first-order chi connectivity index (χ1) is 16.2. The molecule has 0 saturated carbocycles. The molecule has 1 aromatic heterocycles. The molecule has 11 heteroatoms. The Morgan fingerprint density at radius 1 is 1.09 bits per heavy atom. The van der Waals surface area contributed by atoms with E-state index in [1.165, 1.54) is 11.7 Å². The molecular weight excluding hydrogens is 464 g/mol. The summed E-state index contributed by atoms with van der Waals surface area (Å²) in [7, 11) is 1.50. The minimum atomic E-state index is -1.27. The van der Waals surface area contributed by atoms with Crippen molar-refractivity contribution >= 4 is 17.3 Å². The third-order valence-electron chi connectivity index (χ3n) is 4.78. The van der Waals surface area contributed by atoms with E-state index in [4.69, 9.17) is 26.2 Å². The van der Waals surface area contributed by atoms with Crippen LogP contribution in [0, 0.1) is 0 Å². The monoisotopic (exact) mass is 490 g/mol. The van der Waals surface area contributed by atoms with Gasteiger partial charge in [0.05, 0.1) is 44.7 Å². The van der Waals surface area contributed by atoms with Gasteiger partial charge in [-0.15, -0.1) is 0 Å². The summed E-state index contributed by atoms with van der Waals surface area (Å²) in [6.07, 6.45) is -1.33. The van der Waals surface area contributed by atoms with Gasteiger partial charge >= 0.3 is 11.4 Å². The van der Waals surface area contributed by atoms with Crippen LogP contribution in [0.1, 0.15) is 19.4 Å². The summed E-state index contributed by atoms with van der Waals surface area (Å²) in [6, 6.07) is 11.9. The average Bonchev–Trinajstić information content (AvgIpc) is 2.80. The second kappa shape index (κ2) is 11.2. The molecule has 3 aromatic rings. The zero-order valence-electron chi connectivity index (χ0n) is 19.1.